The Kier molecular flexibility index (Phi) is 5.34. The highest BCUT2D eigenvalue weighted by atomic mass is 19.4. The van der Waals surface area contributed by atoms with Crippen LogP contribution in [0.25, 0.3) is 0 Å². The van der Waals surface area contributed by atoms with Gasteiger partial charge in [-0.1, -0.05) is 24.3 Å². The SMILES string of the molecule is COc1ccc([C@H]2C[C@@H](C(F)(F)F)n3nc(C(=O)Nc4cccc(C)c4)cc3N2)cc1. The Bertz CT molecular complexity index is 1090. The fourth-order valence-corrected chi connectivity index (χ4v) is 3.66. The maximum absolute atomic E-state index is 13.8. The van der Waals surface area contributed by atoms with Crippen molar-refractivity contribution in [3.8, 4) is 5.75 Å². The minimum absolute atomic E-state index is 0.0892. The molecule has 0 bridgehead atoms. The van der Waals surface area contributed by atoms with E-state index in [9.17, 15) is 18.0 Å². The third-order valence-electron chi connectivity index (χ3n) is 5.22. The van der Waals surface area contributed by atoms with Gasteiger partial charge in [-0.15, -0.1) is 0 Å². The Morgan fingerprint density at radius 2 is 1.94 bits per heavy atom. The number of benzene rings is 2. The minimum Gasteiger partial charge on any atom is -0.497 e. The normalized spacial score (nSPS) is 18.1. The predicted molar refractivity (Wildman–Crippen MR) is 110 cm³/mol. The second kappa shape index (κ2) is 7.98. The van der Waals surface area contributed by atoms with Crippen LogP contribution in [-0.4, -0.2) is 29.0 Å². The van der Waals surface area contributed by atoms with Gasteiger partial charge in [0, 0.05) is 18.2 Å². The van der Waals surface area contributed by atoms with Gasteiger partial charge < -0.3 is 15.4 Å². The molecule has 2 atom stereocenters. The van der Waals surface area contributed by atoms with Gasteiger partial charge in [0.15, 0.2) is 11.7 Å². The predicted octanol–water partition coefficient (Wildman–Crippen LogP) is 5.11. The molecule has 1 aliphatic heterocycles. The fourth-order valence-electron chi connectivity index (χ4n) is 3.66. The molecule has 0 fully saturated rings. The number of ether oxygens (including phenoxy) is 1. The van der Waals surface area contributed by atoms with Crippen LogP contribution in [0.2, 0.25) is 0 Å². The van der Waals surface area contributed by atoms with Crippen molar-refractivity contribution in [3.05, 3.63) is 71.4 Å². The number of hydrogen-bond donors (Lipinski definition) is 2. The van der Waals surface area contributed by atoms with Gasteiger partial charge in [0.05, 0.1) is 13.2 Å². The Balaban J connectivity index is 1.63. The highest BCUT2D eigenvalue weighted by Crippen LogP contribution is 2.43. The van der Waals surface area contributed by atoms with Crippen molar-refractivity contribution in [2.45, 2.75) is 31.6 Å². The number of alkyl halides is 3. The number of hydrogen-bond acceptors (Lipinski definition) is 4. The molecular weight excluding hydrogens is 409 g/mol. The summed E-state index contributed by atoms with van der Waals surface area (Å²) in [4.78, 5) is 12.6. The fraction of sp³-hybridized carbons (Fsp3) is 0.273. The van der Waals surface area contributed by atoms with Crippen molar-refractivity contribution < 1.29 is 22.7 Å². The van der Waals surface area contributed by atoms with E-state index in [0.717, 1.165) is 10.2 Å². The summed E-state index contributed by atoms with van der Waals surface area (Å²) in [6.07, 6.45) is -4.76. The van der Waals surface area contributed by atoms with Crippen LogP contribution in [-0.2, 0) is 0 Å². The average molecular weight is 430 g/mol. The Morgan fingerprint density at radius 3 is 2.58 bits per heavy atom. The molecule has 2 heterocycles. The molecule has 0 unspecified atom stereocenters. The quantitative estimate of drug-likeness (QED) is 0.603. The lowest BCUT2D eigenvalue weighted by Crippen LogP contribution is -2.35. The van der Waals surface area contributed by atoms with Gasteiger partial charge in [-0.05, 0) is 42.3 Å². The van der Waals surface area contributed by atoms with Crippen molar-refractivity contribution >= 4 is 17.4 Å². The molecule has 9 heteroatoms. The van der Waals surface area contributed by atoms with Crippen LogP contribution in [0.3, 0.4) is 0 Å². The summed E-state index contributed by atoms with van der Waals surface area (Å²) in [5, 5.41) is 9.74. The third-order valence-corrected chi connectivity index (χ3v) is 5.22. The summed E-state index contributed by atoms with van der Waals surface area (Å²) in [6.45, 7) is 1.88. The van der Waals surface area contributed by atoms with E-state index < -0.39 is 24.2 Å². The first kappa shape index (κ1) is 20.8. The smallest absolute Gasteiger partial charge is 0.410 e. The summed E-state index contributed by atoms with van der Waals surface area (Å²) in [5.41, 5.74) is 2.09. The summed E-state index contributed by atoms with van der Waals surface area (Å²) in [6, 6.07) is 12.9. The number of rotatable bonds is 4. The lowest BCUT2D eigenvalue weighted by Gasteiger charge is -2.33. The molecule has 4 rings (SSSR count). The van der Waals surface area contributed by atoms with E-state index >= 15 is 0 Å². The molecule has 0 aliphatic carbocycles. The maximum atomic E-state index is 13.8. The van der Waals surface area contributed by atoms with Gasteiger partial charge >= 0.3 is 6.18 Å². The second-order valence-corrected chi connectivity index (χ2v) is 7.45. The molecule has 0 radical (unpaired) electrons. The topological polar surface area (TPSA) is 68.2 Å². The van der Waals surface area contributed by atoms with Gasteiger partial charge in [0.25, 0.3) is 5.91 Å². The number of aryl methyl sites for hydroxylation is 1. The number of fused-ring (bicyclic) bond motifs is 1. The van der Waals surface area contributed by atoms with Crippen LogP contribution in [0.5, 0.6) is 5.75 Å². The van der Waals surface area contributed by atoms with Gasteiger partial charge in [-0.25, -0.2) is 4.68 Å². The van der Waals surface area contributed by atoms with E-state index in [1.807, 2.05) is 13.0 Å². The van der Waals surface area contributed by atoms with Crippen LogP contribution >= 0.6 is 0 Å². The molecule has 162 valence electrons. The van der Waals surface area contributed by atoms with Crippen LogP contribution in [0.15, 0.2) is 54.6 Å². The molecule has 0 saturated carbocycles. The third kappa shape index (κ3) is 4.35. The van der Waals surface area contributed by atoms with Crippen molar-refractivity contribution in [3.63, 3.8) is 0 Å². The molecular formula is C22H21F3N4O2. The first-order chi connectivity index (χ1) is 14.7. The standard InChI is InChI=1S/C22H21F3N4O2/c1-13-4-3-5-15(10-13)26-21(30)18-12-20-27-17(14-6-8-16(31-2)9-7-14)11-19(22(23,24)25)29(20)28-18/h3-10,12,17,19,27H,11H2,1-2H3,(H,26,30)/t17-,19+/m1/s1. The zero-order valence-corrected chi connectivity index (χ0v) is 16.9. The van der Waals surface area contributed by atoms with Gasteiger partial charge in [0.2, 0.25) is 0 Å². The van der Waals surface area contributed by atoms with E-state index in [0.29, 0.717) is 17.0 Å². The Morgan fingerprint density at radius 1 is 1.19 bits per heavy atom. The van der Waals surface area contributed by atoms with Crippen molar-refractivity contribution in [2.75, 3.05) is 17.7 Å². The van der Waals surface area contributed by atoms with E-state index in [4.69, 9.17) is 4.74 Å². The number of nitrogens with one attached hydrogen (secondary N) is 2. The Hall–Kier alpha value is -3.49. The molecule has 2 N–H and O–H groups in total. The first-order valence-corrected chi connectivity index (χ1v) is 9.69. The second-order valence-electron chi connectivity index (χ2n) is 7.45. The van der Waals surface area contributed by atoms with Crippen LogP contribution in [0.4, 0.5) is 24.7 Å². The van der Waals surface area contributed by atoms with E-state index in [-0.39, 0.29) is 17.9 Å². The zero-order chi connectivity index (χ0) is 22.2. The highest BCUT2D eigenvalue weighted by Gasteiger charge is 2.46. The Labute approximate surface area is 177 Å². The van der Waals surface area contributed by atoms with Crippen molar-refractivity contribution in [1.82, 2.24) is 9.78 Å². The minimum atomic E-state index is -4.52. The van der Waals surface area contributed by atoms with Gasteiger partial charge in [-0.3, -0.25) is 4.79 Å². The van der Waals surface area contributed by atoms with Crippen molar-refractivity contribution in [2.24, 2.45) is 0 Å². The lowest BCUT2D eigenvalue weighted by molar-refractivity contribution is -0.173. The number of aromatic nitrogens is 2. The molecule has 3 aromatic rings. The molecule has 1 aliphatic rings. The molecule has 2 aromatic carbocycles. The number of carbonyl (C=O) groups is 1. The van der Waals surface area contributed by atoms with Gasteiger partial charge in [0.1, 0.15) is 11.6 Å². The largest absolute Gasteiger partial charge is 0.497 e. The summed E-state index contributed by atoms with van der Waals surface area (Å²) in [5.74, 6) is 0.187. The van der Waals surface area contributed by atoms with E-state index in [1.165, 1.54) is 13.2 Å². The zero-order valence-electron chi connectivity index (χ0n) is 16.9. The average Bonchev–Trinajstić information content (AvgIpc) is 3.16. The monoisotopic (exact) mass is 430 g/mol. The lowest BCUT2D eigenvalue weighted by atomic mass is 9.97. The number of amides is 1. The van der Waals surface area contributed by atoms with E-state index in [1.54, 1.807) is 42.5 Å². The summed E-state index contributed by atoms with van der Waals surface area (Å²) >= 11 is 0. The maximum Gasteiger partial charge on any atom is 0.410 e. The number of carbonyl (C=O) groups excluding carboxylic acids is 1. The summed E-state index contributed by atoms with van der Waals surface area (Å²) < 4.78 is 47.4. The van der Waals surface area contributed by atoms with Crippen LogP contribution in [0, 0.1) is 6.92 Å². The summed E-state index contributed by atoms with van der Waals surface area (Å²) in [7, 11) is 1.52. The molecule has 1 aromatic heterocycles. The van der Waals surface area contributed by atoms with Crippen molar-refractivity contribution in [1.29, 1.82) is 0 Å². The molecule has 1 amide bonds. The number of halogens is 3. The molecule has 6 nitrogen and oxygen atoms in total. The molecule has 0 spiro atoms. The molecule has 31 heavy (non-hydrogen) atoms. The molecule has 0 saturated heterocycles. The van der Waals surface area contributed by atoms with Gasteiger partial charge in [-0.2, -0.15) is 18.3 Å². The van der Waals surface area contributed by atoms with E-state index in [2.05, 4.69) is 15.7 Å². The number of nitrogens with zero attached hydrogens (tertiary/aromatic N) is 2. The first-order valence-electron chi connectivity index (χ1n) is 9.69. The number of methoxy groups -OCH3 is 1. The highest BCUT2D eigenvalue weighted by molar-refractivity contribution is 6.03. The van der Waals surface area contributed by atoms with Crippen LogP contribution < -0.4 is 15.4 Å². The van der Waals surface area contributed by atoms with Crippen LogP contribution in [0.1, 0.15) is 40.1 Å². The number of anilines is 2.